The molecule has 2 heterocycles. The van der Waals surface area contributed by atoms with Crippen LogP contribution >= 0.6 is 11.6 Å². The van der Waals surface area contributed by atoms with E-state index in [4.69, 9.17) is 11.6 Å². The summed E-state index contributed by atoms with van der Waals surface area (Å²) in [6.45, 7) is 3.87. The molecule has 0 aliphatic carbocycles. The lowest BCUT2D eigenvalue weighted by Gasteiger charge is -2.18. The topological polar surface area (TPSA) is 37.8 Å². The summed E-state index contributed by atoms with van der Waals surface area (Å²) in [4.78, 5) is 9.24. The van der Waals surface area contributed by atoms with Crippen molar-refractivity contribution in [2.24, 2.45) is 0 Å². The first kappa shape index (κ1) is 11.6. The minimum atomic E-state index is 0.695. The normalized spacial score (nSPS) is 14.3. The standard InChI is InChI=1S/C14H14ClN3/c1-9-10-6-7-16-8-13(10)18-14(17-9)11-4-2-3-5-12(11)15/h2-5,16H,6-8H2,1H3. The molecule has 18 heavy (non-hydrogen) atoms. The van der Waals surface area contributed by atoms with Crippen molar-refractivity contribution in [3.8, 4) is 11.4 Å². The molecular weight excluding hydrogens is 246 g/mol. The van der Waals surface area contributed by atoms with Crippen LogP contribution in [0.3, 0.4) is 0 Å². The number of halogens is 1. The summed E-state index contributed by atoms with van der Waals surface area (Å²) in [5.74, 6) is 0.723. The van der Waals surface area contributed by atoms with Crippen LogP contribution < -0.4 is 5.32 Å². The molecule has 0 atom stereocenters. The highest BCUT2D eigenvalue weighted by molar-refractivity contribution is 6.33. The SMILES string of the molecule is Cc1nc(-c2ccccc2Cl)nc2c1CCNC2. The van der Waals surface area contributed by atoms with Crippen molar-refractivity contribution in [2.75, 3.05) is 6.54 Å². The van der Waals surface area contributed by atoms with Crippen LogP contribution in [-0.4, -0.2) is 16.5 Å². The van der Waals surface area contributed by atoms with Crippen LogP contribution in [0, 0.1) is 6.92 Å². The third kappa shape index (κ3) is 2.00. The number of aromatic nitrogens is 2. The summed E-state index contributed by atoms with van der Waals surface area (Å²) in [6, 6.07) is 7.70. The lowest BCUT2D eigenvalue weighted by atomic mass is 10.0. The Morgan fingerprint density at radius 1 is 1.22 bits per heavy atom. The van der Waals surface area contributed by atoms with Gasteiger partial charge in [0, 0.05) is 17.8 Å². The van der Waals surface area contributed by atoms with Gasteiger partial charge in [-0.3, -0.25) is 0 Å². The molecule has 0 bridgehead atoms. The number of rotatable bonds is 1. The van der Waals surface area contributed by atoms with E-state index in [1.54, 1.807) is 0 Å². The monoisotopic (exact) mass is 259 g/mol. The molecule has 92 valence electrons. The van der Waals surface area contributed by atoms with Gasteiger partial charge in [-0.05, 0) is 37.6 Å². The van der Waals surface area contributed by atoms with Crippen LogP contribution in [0.2, 0.25) is 5.02 Å². The van der Waals surface area contributed by atoms with Gasteiger partial charge in [0.2, 0.25) is 0 Å². The summed E-state index contributed by atoms with van der Waals surface area (Å²) >= 11 is 6.20. The molecular formula is C14H14ClN3. The Morgan fingerprint density at radius 3 is 2.89 bits per heavy atom. The molecule has 3 nitrogen and oxygen atoms in total. The molecule has 0 spiro atoms. The number of hydrogen-bond acceptors (Lipinski definition) is 3. The van der Waals surface area contributed by atoms with Crippen LogP contribution in [-0.2, 0) is 13.0 Å². The van der Waals surface area contributed by atoms with E-state index >= 15 is 0 Å². The van der Waals surface area contributed by atoms with Crippen molar-refractivity contribution < 1.29 is 0 Å². The van der Waals surface area contributed by atoms with Crippen LogP contribution in [0.25, 0.3) is 11.4 Å². The van der Waals surface area contributed by atoms with E-state index in [0.29, 0.717) is 5.02 Å². The van der Waals surface area contributed by atoms with E-state index in [1.807, 2.05) is 31.2 Å². The first-order chi connectivity index (χ1) is 8.75. The number of nitrogens with one attached hydrogen (secondary N) is 1. The summed E-state index contributed by atoms with van der Waals surface area (Å²) in [6.07, 6.45) is 1.00. The second-order valence-corrected chi connectivity index (χ2v) is 4.87. The summed E-state index contributed by atoms with van der Waals surface area (Å²) in [7, 11) is 0. The highest BCUT2D eigenvalue weighted by Gasteiger charge is 2.16. The molecule has 0 saturated heterocycles. The molecule has 2 aromatic rings. The largest absolute Gasteiger partial charge is 0.311 e. The van der Waals surface area contributed by atoms with Crippen molar-refractivity contribution in [3.63, 3.8) is 0 Å². The zero-order chi connectivity index (χ0) is 12.5. The van der Waals surface area contributed by atoms with Gasteiger partial charge in [-0.25, -0.2) is 9.97 Å². The predicted octanol–water partition coefficient (Wildman–Crippen LogP) is 2.75. The van der Waals surface area contributed by atoms with Gasteiger partial charge in [0.15, 0.2) is 5.82 Å². The van der Waals surface area contributed by atoms with E-state index in [2.05, 4.69) is 15.3 Å². The molecule has 0 fully saturated rings. The molecule has 0 amide bonds. The van der Waals surface area contributed by atoms with Gasteiger partial charge in [0.05, 0.1) is 10.7 Å². The van der Waals surface area contributed by atoms with Gasteiger partial charge in [-0.15, -0.1) is 0 Å². The fourth-order valence-corrected chi connectivity index (χ4v) is 2.53. The van der Waals surface area contributed by atoms with E-state index in [-0.39, 0.29) is 0 Å². The number of nitrogens with zero attached hydrogens (tertiary/aromatic N) is 2. The second-order valence-electron chi connectivity index (χ2n) is 4.46. The minimum absolute atomic E-state index is 0.695. The maximum atomic E-state index is 6.20. The summed E-state index contributed by atoms with van der Waals surface area (Å²) in [5.41, 5.74) is 4.35. The van der Waals surface area contributed by atoms with Crippen molar-refractivity contribution in [3.05, 3.63) is 46.2 Å². The molecule has 1 aliphatic rings. The van der Waals surface area contributed by atoms with Gasteiger partial charge in [0.1, 0.15) is 0 Å². The van der Waals surface area contributed by atoms with Crippen LogP contribution in [0.1, 0.15) is 17.0 Å². The number of benzene rings is 1. The second kappa shape index (κ2) is 4.67. The Kier molecular flexibility index (Phi) is 3.02. The van der Waals surface area contributed by atoms with Gasteiger partial charge >= 0.3 is 0 Å². The zero-order valence-electron chi connectivity index (χ0n) is 10.2. The van der Waals surface area contributed by atoms with E-state index in [9.17, 15) is 0 Å². The van der Waals surface area contributed by atoms with Crippen molar-refractivity contribution in [2.45, 2.75) is 19.9 Å². The van der Waals surface area contributed by atoms with Crippen LogP contribution in [0.15, 0.2) is 24.3 Å². The number of hydrogen-bond donors (Lipinski definition) is 1. The van der Waals surface area contributed by atoms with E-state index in [0.717, 1.165) is 42.3 Å². The third-order valence-corrected chi connectivity index (χ3v) is 3.59. The molecule has 3 rings (SSSR count). The average molecular weight is 260 g/mol. The van der Waals surface area contributed by atoms with Crippen molar-refractivity contribution in [1.82, 2.24) is 15.3 Å². The number of fused-ring (bicyclic) bond motifs is 1. The molecule has 0 saturated carbocycles. The van der Waals surface area contributed by atoms with Crippen LogP contribution in [0.5, 0.6) is 0 Å². The fraction of sp³-hybridized carbons (Fsp3) is 0.286. The first-order valence-corrected chi connectivity index (χ1v) is 6.45. The van der Waals surface area contributed by atoms with Crippen molar-refractivity contribution in [1.29, 1.82) is 0 Å². The highest BCUT2D eigenvalue weighted by Crippen LogP contribution is 2.26. The average Bonchev–Trinajstić information content (AvgIpc) is 2.39. The van der Waals surface area contributed by atoms with Gasteiger partial charge in [-0.1, -0.05) is 23.7 Å². The Morgan fingerprint density at radius 2 is 2.06 bits per heavy atom. The Balaban J connectivity index is 2.14. The Labute approximate surface area is 111 Å². The lowest BCUT2D eigenvalue weighted by Crippen LogP contribution is -2.26. The predicted molar refractivity (Wildman–Crippen MR) is 72.6 cm³/mol. The number of aryl methyl sites for hydroxylation is 1. The third-order valence-electron chi connectivity index (χ3n) is 3.26. The smallest absolute Gasteiger partial charge is 0.161 e. The van der Waals surface area contributed by atoms with E-state index < -0.39 is 0 Å². The maximum Gasteiger partial charge on any atom is 0.161 e. The quantitative estimate of drug-likeness (QED) is 0.856. The zero-order valence-corrected chi connectivity index (χ0v) is 11.0. The van der Waals surface area contributed by atoms with Gasteiger partial charge < -0.3 is 5.32 Å². The first-order valence-electron chi connectivity index (χ1n) is 6.07. The summed E-state index contributed by atoms with van der Waals surface area (Å²) < 4.78 is 0. The molecule has 1 aliphatic heterocycles. The van der Waals surface area contributed by atoms with Gasteiger partial charge in [0.25, 0.3) is 0 Å². The Hall–Kier alpha value is -1.45. The molecule has 4 heteroatoms. The van der Waals surface area contributed by atoms with Crippen molar-refractivity contribution >= 4 is 11.6 Å². The molecule has 0 radical (unpaired) electrons. The molecule has 0 unspecified atom stereocenters. The van der Waals surface area contributed by atoms with E-state index in [1.165, 1.54) is 5.56 Å². The lowest BCUT2D eigenvalue weighted by molar-refractivity contribution is 0.620. The minimum Gasteiger partial charge on any atom is -0.311 e. The van der Waals surface area contributed by atoms with Gasteiger partial charge in [-0.2, -0.15) is 0 Å². The highest BCUT2D eigenvalue weighted by atomic mass is 35.5. The molecule has 1 aromatic carbocycles. The molecule has 1 N–H and O–H groups in total. The molecule has 1 aromatic heterocycles. The van der Waals surface area contributed by atoms with Crippen LogP contribution in [0.4, 0.5) is 0 Å². The summed E-state index contributed by atoms with van der Waals surface area (Å²) in [5, 5.41) is 4.03. The maximum absolute atomic E-state index is 6.20. The fourth-order valence-electron chi connectivity index (χ4n) is 2.31. The Bertz CT molecular complexity index is 596.